The van der Waals surface area contributed by atoms with Crippen LogP contribution in [0.3, 0.4) is 0 Å². The maximum atomic E-state index is 11.9. The van der Waals surface area contributed by atoms with Crippen LogP contribution in [0.15, 0.2) is 42.5 Å². The van der Waals surface area contributed by atoms with E-state index in [0.29, 0.717) is 29.4 Å². The predicted octanol–water partition coefficient (Wildman–Crippen LogP) is 4.68. The molecule has 0 saturated heterocycles. The third-order valence-corrected chi connectivity index (χ3v) is 4.50. The molecule has 1 amide bonds. The Morgan fingerprint density at radius 3 is 2.33 bits per heavy atom. The second kappa shape index (κ2) is 9.55. The highest BCUT2D eigenvalue weighted by Gasteiger charge is 2.08. The van der Waals surface area contributed by atoms with Crippen LogP contribution in [0.2, 0.25) is 10.0 Å². The average Bonchev–Trinajstić information content (AvgIpc) is 2.59. The Morgan fingerprint density at radius 1 is 1.04 bits per heavy atom. The van der Waals surface area contributed by atoms with E-state index >= 15 is 0 Å². The Bertz CT molecular complexity index is 651. The van der Waals surface area contributed by atoms with Crippen molar-refractivity contribution in [3.05, 3.63) is 63.6 Å². The van der Waals surface area contributed by atoms with E-state index in [2.05, 4.69) is 5.32 Å². The lowest BCUT2D eigenvalue weighted by molar-refractivity contribution is -0.121. The minimum absolute atomic E-state index is 0.0146. The largest absolute Gasteiger partial charge is 0.497 e. The van der Waals surface area contributed by atoms with Crippen molar-refractivity contribution in [3.8, 4) is 5.75 Å². The lowest BCUT2D eigenvalue weighted by Crippen LogP contribution is -2.25. The number of methoxy groups -OCH3 is 1. The van der Waals surface area contributed by atoms with Gasteiger partial charge >= 0.3 is 0 Å². The molecule has 0 radical (unpaired) electrons. The highest BCUT2D eigenvalue weighted by molar-refractivity contribution is 6.36. The molecule has 1 N–H and O–H groups in total. The zero-order valence-corrected chi connectivity index (χ0v) is 15.2. The number of amides is 1. The summed E-state index contributed by atoms with van der Waals surface area (Å²) in [4.78, 5) is 11.9. The smallest absolute Gasteiger partial charge is 0.220 e. The second-order valence-electron chi connectivity index (χ2n) is 5.50. The Morgan fingerprint density at radius 2 is 1.71 bits per heavy atom. The number of halogens is 2. The first kappa shape index (κ1) is 18.6. The zero-order chi connectivity index (χ0) is 17.4. The van der Waals surface area contributed by atoms with Crippen LogP contribution < -0.4 is 10.1 Å². The van der Waals surface area contributed by atoms with Crippen molar-refractivity contribution >= 4 is 29.1 Å². The van der Waals surface area contributed by atoms with Crippen molar-refractivity contribution in [2.75, 3.05) is 13.7 Å². The van der Waals surface area contributed by atoms with Gasteiger partial charge in [-0.3, -0.25) is 4.79 Å². The van der Waals surface area contributed by atoms with Crippen LogP contribution in [0.1, 0.15) is 24.0 Å². The van der Waals surface area contributed by atoms with Crippen molar-refractivity contribution in [1.29, 1.82) is 0 Å². The lowest BCUT2D eigenvalue weighted by Gasteiger charge is -2.08. The number of benzene rings is 2. The molecule has 0 aliphatic carbocycles. The topological polar surface area (TPSA) is 38.3 Å². The third-order valence-electron chi connectivity index (χ3n) is 3.79. The highest BCUT2D eigenvalue weighted by atomic mass is 35.5. The number of nitrogens with one attached hydrogen (secondary N) is 1. The SMILES string of the molecule is COc1ccc(CCCNC(=O)CCc2c(Cl)cccc2Cl)cc1. The fourth-order valence-corrected chi connectivity index (χ4v) is 3.00. The van der Waals surface area contributed by atoms with Crippen LogP contribution in [0, 0.1) is 0 Å². The minimum Gasteiger partial charge on any atom is -0.497 e. The molecule has 2 aromatic rings. The first-order valence-corrected chi connectivity index (χ1v) is 8.68. The van der Waals surface area contributed by atoms with Gasteiger partial charge in [-0.25, -0.2) is 0 Å². The molecule has 128 valence electrons. The van der Waals surface area contributed by atoms with Gasteiger partial charge in [-0.05, 0) is 54.7 Å². The minimum atomic E-state index is 0.0146. The van der Waals surface area contributed by atoms with E-state index in [-0.39, 0.29) is 5.91 Å². The van der Waals surface area contributed by atoms with Gasteiger partial charge in [-0.1, -0.05) is 41.4 Å². The fourth-order valence-electron chi connectivity index (χ4n) is 2.41. The summed E-state index contributed by atoms with van der Waals surface area (Å²) in [5.74, 6) is 0.867. The second-order valence-corrected chi connectivity index (χ2v) is 6.32. The average molecular weight is 366 g/mol. The molecule has 0 bridgehead atoms. The summed E-state index contributed by atoms with van der Waals surface area (Å²) in [6.45, 7) is 0.654. The molecule has 0 spiro atoms. The van der Waals surface area contributed by atoms with Gasteiger partial charge in [-0.2, -0.15) is 0 Å². The van der Waals surface area contributed by atoms with Crippen molar-refractivity contribution in [3.63, 3.8) is 0 Å². The molecule has 0 heterocycles. The van der Waals surface area contributed by atoms with Crippen LogP contribution in [0.5, 0.6) is 5.75 Å². The Balaban J connectivity index is 1.68. The third kappa shape index (κ3) is 5.73. The molecule has 3 nitrogen and oxygen atoms in total. The molecule has 0 aliphatic rings. The van der Waals surface area contributed by atoms with Crippen LogP contribution in [-0.4, -0.2) is 19.6 Å². The first-order chi connectivity index (χ1) is 11.6. The number of carbonyl (C=O) groups is 1. The molecule has 0 aromatic heterocycles. The number of carbonyl (C=O) groups excluding carboxylic acids is 1. The first-order valence-electron chi connectivity index (χ1n) is 7.92. The number of rotatable bonds is 8. The monoisotopic (exact) mass is 365 g/mol. The van der Waals surface area contributed by atoms with Gasteiger partial charge in [0.2, 0.25) is 5.91 Å². The molecule has 2 aromatic carbocycles. The van der Waals surface area contributed by atoms with Gasteiger partial charge in [0, 0.05) is 23.0 Å². The van der Waals surface area contributed by atoms with Gasteiger partial charge < -0.3 is 10.1 Å². The van der Waals surface area contributed by atoms with Gasteiger partial charge in [0.15, 0.2) is 0 Å². The summed E-state index contributed by atoms with van der Waals surface area (Å²) in [5.41, 5.74) is 2.06. The van der Waals surface area contributed by atoms with Gasteiger partial charge in [0.05, 0.1) is 7.11 Å². The molecular weight excluding hydrogens is 345 g/mol. The molecule has 2 rings (SSSR count). The molecule has 0 atom stereocenters. The molecule has 0 aliphatic heterocycles. The van der Waals surface area contributed by atoms with Gasteiger partial charge in [-0.15, -0.1) is 0 Å². The normalized spacial score (nSPS) is 10.5. The van der Waals surface area contributed by atoms with E-state index < -0.39 is 0 Å². The zero-order valence-electron chi connectivity index (χ0n) is 13.6. The maximum absolute atomic E-state index is 11.9. The number of ether oxygens (including phenoxy) is 1. The number of hydrogen-bond acceptors (Lipinski definition) is 2. The molecular formula is C19H21Cl2NO2. The van der Waals surface area contributed by atoms with Crippen molar-refractivity contribution in [1.82, 2.24) is 5.32 Å². The van der Waals surface area contributed by atoms with E-state index in [1.807, 2.05) is 24.3 Å². The quantitative estimate of drug-likeness (QED) is 0.689. The van der Waals surface area contributed by atoms with Gasteiger partial charge in [0.25, 0.3) is 0 Å². The fraction of sp³-hybridized carbons (Fsp3) is 0.316. The van der Waals surface area contributed by atoms with Crippen LogP contribution >= 0.6 is 23.2 Å². The van der Waals surface area contributed by atoms with Gasteiger partial charge in [0.1, 0.15) is 5.75 Å². The van der Waals surface area contributed by atoms with E-state index in [9.17, 15) is 4.79 Å². The van der Waals surface area contributed by atoms with E-state index in [0.717, 1.165) is 24.2 Å². The molecule has 0 fully saturated rings. The molecule has 5 heteroatoms. The number of aryl methyl sites for hydroxylation is 1. The van der Waals surface area contributed by atoms with E-state index in [4.69, 9.17) is 27.9 Å². The van der Waals surface area contributed by atoms with Crippen molar-refractivity contribution < 1.29 is 9.53 Å². The molecule has 0 unspecified atom stereocenters. The van der Waals surface area contributed by atoms with Crippen molar-refractivity contribution in [2.45, 2.75) is 25.7 Å². The van der Waals surface area contributed by atoms with Crippen LogP contribution in [-0.2, 0) is 17.6 Å². The lowest BCUT2D eigenvalue weighted by atomic mass is 10.1. The summed E-state index contributed by atoms with van der Waals surface area (Å²) in [5, 5.41) is 4.15. The maximum Gasteiger partial charge on any atom is 0.220 e. The summed E-state index contributed by atoms with van der Waals surface area (Å²) in [7, 11) is 1.65. The standard InChI is InChI=1S/C19H21Cl2NO2/c1-24-15-9-7-14(8-10-15)4-3-13-22-19(23)12-11-16-17(20)5-2-6-18(16)21/h2,5-10H,3-4,11-13H2,1H3,(H,22,23). The predicted molar refractivity (Wildman–Crippen MR) is 99.1 cm³/mol. The summed E-state index contributed by atoms with van der Waals surface area (Å²) >= 11 is 12.2. The van der Waals surface area contributed by atoms with Crippen LogP contribution in [0.4, 0.5) is 0 Å². The van der Waals surface area contributed by atoms with E-state index in [1.54, 1.807) is 25.3 Å². The number of hydrogen-bond donors (Lipinski definition) is 1. The Kier molecular flexibility index (Phi) is 7.41. The van der Waals surface area contributed by atoms with Crippen LogP contribution in [0.25, 0.3) is 0 Å². The van der Waals surface area contributed by atoms with E-state index in [1.165, 1.54) is 5.56 Å². The highest BCUT2D eigenvalue weighted by Crippen LogP contribution is 2.25. The Hall–Kier alpha value is -1.71. The summed E-state index contributed by atoms with van der Waals surface area (Å²) in [6.07, 6.45) is 2.74. The summed E-state index contributed by atoms with van der Waals surface area (Å²) in [6, 6.07) is 13.3. The molecule has 0 saturated carbocycles. The van der Waals surface area contributed by atoms with Crippen molar-refractivity contribution in [2.24, 2.45) is 0 Å². The Labute approximate surface area is 152 Å². The summed E-state index contributed by atoms with van der Waals surface area (Å²) < 4.78 is 5.13. The molecule has 24 heavy (non-hydrogen) atoms.